The van der Waals surface area contributed by atoms with Gasteiger partial charge in [-0.15, -0.1) is 0 Å². The van der Waals surface area contributed by atoms with Crippen molar-refractivity contribution in [2.75, 3.05) is 6.54 Å². The highest BCUT2D eigenvalue weighted by molar-refractivity contribution is 5.94. The van der Waals surface area contributed by atoms with Gasteiger partial charge in [0.1, 0.15) is 18.1 Å². The van der Waals surface area contributed by atoms with E-state index in [1.807, 2.05) is 54.6 Å². The van der Waals surface area contributed by atoms with Gasteiger partial charge < -0.3 is 42.6 Å². The number of carbonyl (C=O) groups excluding carboxylic acids is 3. The lowest BCUT2D eigenvalue weighted by Crippen LogP contribution is -2.57. The fraction of sp³-hybridized carbons (Fsp3) is 0.387. The molecule has 0 saturated carbocycles. The van der Waals surface area contributed by atoms with E-state index in [0.717, 1.165) is 16.5 Å². The number of hydrogen-bond acceptors (Lipinski definition) is 7. The molecule has 0 aliphatic carbocycles. The first-order valence-corrected chi connectivity index (χ1v) is 14.5. The van der Waals surface area contributed by atoms with Crippen LogP contribution in [0.25, 0.3) is 10.9 Å². The molecule has 0 fully saturated rings. The van der Waals surface area contributed by atoms with E-state index in [2.05, 4.69) is 20.9 Å². The number of rotatable bonds is 18. The van der Waals surface area contributed by atoms with Gasteiger partial charge >= 0.3 is 11.9 Å². The third-order valence-corrected chi connectivity index (χ3v) is 7.21. The quantitative estimate of drug-likeness (QED) is 0.0954. The largest absolute Gasteiger partial charge is 0.481 e. The number of aromatic amines is 1. The van der Waals surface area contributed by atoms with Crippen LogP contribution in [0.15, 0.2) is 60.8 Å². The van der Waals surface area contributed by atoms with Crippen LogP contribution in [-0.4, -0.2) is 75.6 Å². The number of unbranched alkanes of at least 4 members (excludes halogenated alkanes) is 1. The van der Waals surface area contributed by atoms with Gasteiger partial charge in [-0.25, -0.2) is 4.79 Å². The van der Waals surface area contributed by atoms with Crippen molar-refractivity contribution in [3.63, 3.8) is 0 Å². The van der Waals surface area contributed by atoms with Crippen molar-refractivity contribution >= 4 is 40.6 Å². The lowest BCUT2D eigenvalue weighted by Gasteiger charge is -2.25. The maximum atomic E-state index is 13.4. The minimum atomic E-state index is -1.38. The number of carboxylic acids is 2. The molecule has 0 aliphatic rings. The summed E-state index contributed by atoms with van der Waals surface area (Å²) in [6.45, 7) is 0.368. The zero-order valence-corrected chi connectivity index (χ0v) is 24.3. The Balaban J connectivity index is 1.73. The summed E-state index contributed by atoms with van der Waals surface area (Å²) < 4.78 is 0. The molecule has 3 rings (SSSR count). The van der Waals surface area contributed by atoms with E-state index in [9.17, 15) is 34.2 Å². The summed E-state index contributed by atoms with van der Waals surface area (Å²) in [5.74, 6) is -4.66. The average Bonchev–Trinajstić information content (AvgIpc) is 3.41. The SMILES string of the molecule is NCCCCC(NC(=O)C(N)Cc1ccccc1)C(=O)NC(CCC(=O)O)C(=O)NC(Cc1c[nH]c2ccccc12)C(=O)O. The van der Waals surface area contributed by atoms with Crippen LogP contribution < -0.4 is 27.4 Å². The molecule has 10 N–H and O–H groups in total. The van der Waals surface area contributed by atoms with Crippen molar-refractivity contribution in [3.05, 3.63) is 71.9 Å². The molecular formula is C31H40N6O7. The highest BCUT2D eigenvalue weighted by Gasteiger charge is 2.31. The van der Waals surface area contributed by atoms with Gasteiger partial charge in [-0.2, -0.15) is 0 Å². The molecule has 3 aromatic rings. The predicted octanol–water partition coefficient (Wildman–Crippen LogP) is 0.813. The Kier molecular flexibility index (Phi) is 12.9. The van der Waals surface area contributed by atoms with Crippen molar-refractivity contribution in [2.24, 2.45) is 11.5 Å². The van der Waals surface area contributed by atoms with Crippen molar-refractivity contribution in [3.8, 4) is 0 Å². The molecule has 4 atom stereocenters. The first-order chi connectivity index (χ1) is 21.1. The molecule has 0 radical (unpaired) electrons. The van der Waals surface area contributed by atoms with Gasteiger partial charge in [0, 0.05) is 29.9 Å². The minimum Gasteiger partial charge on any atom is -0.481 e. The summed E-state index contributed by atoms with van der Waals surface area (Å²) in [7, 11) is 0. The van der Waals surface area contributed by atoms with Crippen LogP contribution in [0, 0.1) is 0 Å². The molecule has 236 valence electrons. The van der Waals surface area contributed by atoms with Crippen LogP contribution in [0.4, 0.5) is 0 Å². The van der Waals surface area contributed by atoms with Crippen LogP contribution in [-0.2, 0) is 36.8 Å². The molecule has 0 spiro atoms. The topological polar surface area (TPSA) is 230 Å². The summed E-state index contributed by atoms with van der Waals surface area (Å²) in [4.78, 5) is 66.1. The molecule has 2 aromatic carbocycles. The smallest absolute Gasteiger partial charge is 0.326 e. The number of nitrogens with one attached hydrogen (secondary N) is 4. The minimum absolute atomic E-state index is 0.0538. The van der Waals surface area contributed by atoms with Crippen LogP contribution in [0.1, 0.15) is 43.2 Å². The summed E-state index contributed by atoms with van der Waals surface area (Å²) in [6.07, 6.45) is 2.33. The van der Waals surface area contributed by atoms with E-state index < -0.39 is 60.2 Å². The van der Waals surface area contributed by atoms with Crippen LogP contribution in [0.5, 0.6) is 0 Å². The van der Waals surface area contributed by atoms with E-state index in [-0.39, 0.29) is 25.7 Å². The lowest BCUT2D eigenvalue weighted by atomic mass is 10.0. The van der Waals surface area contributed by atoms with E-state index in [1.54, 1.807) is 6.20 Å². The van der Waals surface area contributed by atoms with Gasteiger partial charge in [0.15, 0.2) is 0 Å². The van der Waals surface area contributed by atoms with Gasteiger partial charge in [0.05, 0.1) is 6.04 Å². The van der Waals surface area contributed by atoms with Gasteiger partial charge in [-0.3, -0.25) is 19.2 Å². The Morgan fingerprint density at radius 2 is 1.36 bits per heavy atom. The number of carboxylic acid groups (broad SMARTS) is 2. The van der Waals surface area contributed by atoms with Gasteiger partial charge in [0.2, 0.25) is 17.7 Å². The predicted molar refractivity (Wildman–Crippen MR) is 163 cm³/mol. The third kappa shape index (κ3) is 10.2. The molecule has 13 heteroatoms. The van der Waals surface area contributed by atoms with Crippen LogP contribution in [0.3, 0.4) is 0 Å². The molecule has 4 unspecified atom stereocenters. The second-order valence-corrected chi connectivity index (χ2v) is 10.6. The number of nitrogens with two attached hydrogens (primary N) is 2. The van der Waals surface area contributed by atoms with Crippen molar-refractivity contribution in [1.29, 1.82) is 0 Å². The van der Waals surface area contributed by atoms with E-state index >= 15 is 0 Å². The van der Waals surface area contributed by atoms with E-state index in [0.29, 0.717) is 24.9 Å². The molecule has 0 aliphatic heterocycles. The Labute approximate surface area is 254 Å². The monoisotopic (exact) mass is 608 g/mol. The molecule has 0 saturated heterocycles. The number of para-hydroxylation sites is 1. The fourth-order valence-electron chi connectivity index (χ4n) is 4.80. The second kappa shape index (κ2) is 16.8. The van der Waals surface area contributed by atoms with Crippen molar-refractivity contribution < 1.29 is 34.2 Å². The fourth-order valence-corrected chi connectivity index (χ4v) is 4.80. The average molecular weight is 609 g/mol. The normalized spacial score (nSPS) is 13.8. The Morgan fingerprint density at radius 1 is 0.750 bits per heavy atom. The lowest BCUT2D eigenvalue weighted by molar-refractivity contribution is -0.143. The van der Waals surface area contributed by atoms with Gasteiger partial charge in [-0.1, -0.05) is 48.5 Å². The standard InChI is InChI=1S/C31H40N6O7/c32-15-7-6-12-24(35-28(40)22(33)16-19-8-2-1-3-9-19)29(41)36-25(13-14-27(38)39)30(42)37-26(31(43)44)17-20-18-34-23-11-5-4-10-21(20)23/h1-5,8-11,18,22,24-26,34H,6-7,12-17,32-33H2,(H,35,40)(H,36,41)(H,37,42)(H,38,39)(H,43,44). The van der Waals surface area contributed by atoms with Crippen molar-refractivity contribution in [2.45, 2.75) is 69.1 Å². The summed E-state index contributed by atoms with van der Waals surface area (Å²) in [5.41, 5.74) is 14.0. The van der Waals surface area contributed by atoms with E-state index in [4.69, 9.17) is 11.5 Å². The molecule has 1 heterocycles. The van der Waals surface area contributed by atoms with Gasteiger partial charge in [0.25, 0.3) is 0 Å². The number of aromatic nitrogens is 1. The molecular weight excluding hydrogens is 568 g/mol. The summed E-state index contributed by atoms with van der Waals surface area (Å²) in [6, 6.07) is 11.7. The molecule has 44 heavy (non-hydrogen) atoms. The number of benzene rings is 2. The molecule has 3 amide bonds. The molecule has 0 bridgehead atoms. The number of carbonyl (C=O) groups is 5. The number of fused-ring (bicyclic) bond motifs is 1. The number of H-pyrrole nitrogens is 1. The maximum absolute atomic E-state index is 13.4. The number of aliphatic carboxylic acids is 2. The Bertz CT molecular complexity index is 1430. The highest BCUT2D eigenvalue weighted by Crippen LogP contribution is 2.19. The van der Waals surface area contributed by atoms with Crippen LogP contribution in [0.2, 0.25) is 0 Å². The Morgan fingerprint density at radius 3 is 2.02 bits per heavy atom. The number of amides is 3. The first-order valence-electron chi connectivity index (χ1n) is 14.5. The van der Waals surface area contributed by atoms with Gasteiger partial charge in [-0.05, 0) is 55.8 Å². The highest BCUT2D eigenvalue weighted by atomic mass is 16.4. The molecule has 13 nitrogen and oxygen atoms in total. The van der Waals surface area contributed by atoms with Crippen LogP contribution >= 0.6 is 0 Å². The van der Waals surface area contributed by atoms with E-state index in [1.165, 1.54) is 0 Å². The molecule has 1 aromatic heterocycles. The van der Waals surface area contributed by atoms with Crippen molar-refractivity contribution in [1.82, 2.24) is 20.9 Å². The number of hydrogen-bond donors (Lipinski definition) is 8. The zero-order chi connectivity index (χ0) is 32.1. The second-order valence-electron chi connectivity index (χ2n) is 10.6. The maximum Gasteiger partial charge on any atom is 0.326 e. The third-order valence-electron chi connectivity index (χ3n) is 7.21. The summed E-state index contributed by atoms with van der Waals surface area (Å²) >= 11 is 0. The zero-order valence-electron chi connectivity index (χ0n) is 24.3. The summed E-state index contributed by atoms with van der Waals surface area (Å²) in [5, 5.41) is 27.5. The first kappa shape index (κ1) is 33.7. The Hall–Kier alpha value is -4.75.